The Balaban J connectivity index is 1.86. The van der Waals surface area contributed by atoms with E-state index < -0.39 is 0 Å². The van der Waals surface area contributed by atoms with E-state index in [0.717, 1.165) is 29.9 Å². The summed E-state index contributed by atoms with van der Waals surface area (Å²) in [6.45, 7) is 3.14. The zero-order chi connectivity index (χ0) is 12.5. The van der Waals surface area contributed by atoms with Gasteiger partial charge in [0.2, 0.25) is 0 Å². The van der Waals surface area contributed by atoms with Gasteiger partial charge < -0.3 is 5.32 Å². The highest BCUT2D eigenvalue weighted by molar-refractivity contribution is 6.29. The molecule has 0 aromatic carbocycles. The molecule has 3 heterocycles. The molecule has 18 heavy (non-hydrogen) atoms. The monoisotopic (exact) mass is 264 g/mol. The van der Waals surface area contributed by atoms with Crippen LogP contribution in [0.2, 0.25) is 5.15 Å². The Kier molecular flexibility index (Phi) is 3.22. The van der Waals surface area contributed by atoms with Gasteiger partial charge in [-0.15, -0.1) is 0 Å². The van der Waals surface area contributed by atoms with Crippen molar-refractivity contribution >= 4 is 17.2 Å². The second-order valence-electron chi connectivity index (χ2n) is 5.00. The van der Waals surface area contributed by atoms with Gasteiger partial charge in [-0.3, -0.25) is 0 Å². The van der Waals surface area contributed by atoms with Gasteiger partial charge in [-0.05, 0) is 37.9 Å². The number of hydrogen-bond acceptors (Lipinski definition) is 3. The minimum atomic E-state index is 0.514. The van der Waals surface area contributed by atoms with Gasteiger partial charge in [0.15, 0.2) is 5.65 Å². The van der Waals surface area contributed by atoms with E-state index in [1.54, 1.807) is 4.52 Å². The number of fused-ring (bicyclic) bond motifs is 1. The van der Waals surface area contributed by atoms with Crippen LogP contribution in [-0.4, -0.2) is 27.2 Å². The summed E-state index contributed by atoms with van der Waals surface area (Å²) in [5.74, 6) is 0. The maximum absolute atomic E-state index is 5.95. The quantitative estimate of drug-likeness (QED) is 0.906. The van der Waals surface area contributed by atoms with Gasteiger partial charge in [0.05, 0.1) is 11.9 Å². The van der Waals surface area contributed by atoms with Crippen molar-refractivity contribution in [3.63, 3.8) is 0 Å². The van der Waals surface area contributed by atoms with Gasteiger partial charge in [-0.25, -0.2) is 9.50 Å². The van der Waals surface area contributed by atoms with Gasteiger partial charge >= 0.3 is 0 Å². The fraction of sp³-hybridized carbons (Fsp3) is 0.538. The summed E-state index contributed by atoms with van der Waals surface area (Å²) in [7, 11) is 0. The molecule has 3 rings (SSSR count). The fourth-order valence-electron chi connectivity index (χ4n) is 2.59. The molecule has 4 nitrogen and oxygen atoms in total. The van der Waals surface area contributed by atoms with Crippen molar-refractivity contribution in [3.8, 4) is 0 Å². The van der Waals surface area contributed by atoms with E-state index in [2.05, 4.69) is 15.4 Å². The molecule has 0 spiro atoms. The number of aromatic nitrogens is 3. The van der Waals surface area contributed by atoms with Crippen LogP contribution in [0, 0.1) is 6.92 Å². The van der Waals surface area contributed by atoms with Crippen LogP contribution >= 0.6 is 11.6 Å². The van der Waals surface area contributed by atoms with Crippen LogP contribution in [0.1, 0.15) is 30.5 Å². The van der Waals surface area contributed by atoms with Crippen LogP contribution in [-0.2, 0) is 6.42 Å². The first-order chi connectivity index (χ1) is 8.72. The topological polar surface area (TPSA) is 42.2 Å². The third-order valence-electron chi connectivity index (χ3n) is 3.50. The second-order valence-corrected chi connectivity index (χ2v) is 5.39. The van der Waals surface area contributed by atoms with Crippen molar-refractivity contribution in [2.45, 2.75) is 38.6 Å². The summed E-state index contributed by atoms with van der Waals surface area (Å²) in [5, 5.41) is 8.31. The smallest absolute Gasteiger partial charge is 0.156 e. The molecule has 1 unspecified atom stereocenters. The second kappa shape index (κ2) is 4.86. The zero-order valence-electron chi connectivity index (χ0n) is 10.5. The fourth-order valence-corrected chi connectivity index (χ4v) is 2.83. The summed E-state index contributed by atoms with van der Waals surface area (Å²) in [6, 6.07) is 2.41. The predicted octanol–water partition coefficient (Wildman–Crippen LogP) is 2.38. The molecule has 1 aliphatic rings. The van der Waals surface area contributed by atoms with Crippen molar-refractivity contribution in [2.24, 2.45) is 0 Å². The van der Waals surface area contributed by atoms with E-state index in [4.69, 9.17) is 11.6 Å². The molecule has 1 N–H and O–H groups in total. The van der Waals surface area contributed by atoms with Gasteiger partial charge in [0, 0.05) is 12.5 Å². The van der Waals surface area contributed by atoms with E-state index >= 15 is 0 Å². The molecule has 2 aromatic rings. The number of piperidine rings is 1. The predicted molar refractivity (Wildman–Crippen MR) is 72.1 cm³/mol. The van der Waals surface area contributed by atoms with E-state index in [0.29, 0.717) is 11.2 Å². The molecular formula is C13H17ClN4. The summed E-state index contributed by atoms with van der Waals surface area (Å²) in [5.41, 5.74) is 3.07. The summed E-state index contributed by atoms with van der Waals surface area (Å²) < 4.78 is 1.79. The SMILES string of the molecule is Cc1cc(Cl)nn2cc(CC3CCCCN3)nc12. The molecule has 0 saturated carbocycles. The maximum Gasteiger partial charge on any atom is 0.156 e. The number of imidazole rings is 1. The Bertz CT molecular complexity index is 557. The van der Waals surface area contributed by atoms with Crippen molar-refractivity contribution < 1.29 is 0 Å². The van der Waals surface area contributed by atoms with Gasteiger partial charge in [0.25, 0.3) is 0 Å². The lowest BCUT2D eigenvalue weighted by Gasteiger charge is -2.22. The minimum absolute atomic E-state index is 0.514. The first kappa shape index (κ1) is 11.9. The normalized spacial score (nSPS) is 20.4. The average molecular weight is 265 g/mol. The van der Waals surface area contributed by atoms with E-state index in [1.165, 1.54) is 19.3 Å². The molecule has 96 valence electrons. The molecule has 0 amide bonds. The first-order valence-corrected chi connectivity index (χ1v) is 6.85. The summed E-state index contributed by atoms with van der Waals surface area (Å²) >= 11 is 5.95. The molecule has 0 bridgehead atoms. The van der Waals surface area contributed by atoms with Crippen molar-refractivity contribution in [3.05, 3.63) is 28.7 Å². The number of aryl methyl sites for hydroxylation is 1. The Hall–Kier alpha value is -1.13. The minimum Gasteiger partial charge on any atom is -0.314 e. The third-order valence-corrected chi connectivity index (χ3v) is 3.68. The number of hydrogen-bond donors (Lipinski definition) is 1. The lowest BCUT2D eigenvalue weighted by molar-refractivity contribution is 0.397. The highest BCUT2D eigenvalue weighted by Gasteiger charge is 2.15. The number of halogens is 1. The van der Waals surface area contributed by atoms with E-state index in [1.807, 2.05) is 19.2 Å². The van der Waals surface area contributed by atoms with Gasteiger partial charge in [-0.1, -0.05) is 18.0 Å². The summed E-state index contributed by atoms with van der Waals surface area (Å²) in [4.78, 5) is 4.65. The Labute approximate surface area is 111 Å². The Morgan fingerprint density at radius 3 is 3.17 bits per heavy atom. The van der Waals surface area contributed by atoms with Crippen LogP contribution < -0.4 is 5.32 Å². The molecule has 1 aliphatic heterocycles. The number of rotatable bonds is 2. The van der Waals surface area contributed by atoms with Crippen LogP contribution in [0.4, 0.5) is 0 Å². The van der Waals surface area contributed by atoms with Crippen molar-refractivity contribution in [1.29, 1.82) is 0 Å². The first-order valence-electron chi connectivity index (χ1n) is 6.47. The third kappa shape index (κ3) is 2.35. The Morgan fingerprint density at radius 1 is 1.50 bits per heavy atom. The van der Waals surface area contributed by atoms with Gasteiger partial charge in [-0.2, -0.15) is 5.10 Å². The molecule has 1 saturated heterocycles. The average Bonchev–Trinajstić information content (AvgIpc) is 2.73. The van der Waals surface area contributed by atoms with E-state index in [9.17, 15) is 0 Å². The molecule has 1 atom stereocenters. The van der Waals surface area contributed by atoms with E-state index in [-0.39, 0.29) is 0 Å². The largest absolute Gasteiger partial charge is 0.314 e. The molecule has 1 fully saturated rings. The molecule has 0 aliphatic carbocycles. The van der Waals surface area contributed by atoms with Crippen LogP contribution in [0.5, 0.6) is 0 Å². The number of nitrogens with one attached hydrogen (secondary N) is 1. The van der Waals surface area contributed by atoms with Gasteiger partial charge in [0.1, 0.15) is 5.15 Å². The lowest BCUT2D eigenvalue weighted by Crippen LogP contribution is -2.35. The van der Waals surface area contributed by atoms with Crippen molar-refractivity contribution in [1.82, 2.24) is 19.9 Å². The zero-order valence-corrected chi connectivity index (χ0v) is 11.2. The highest BCUT2D eigenvalue weighted by Crippen LogP contribution is 2.16. The summed E-state index contributed by atoms with van der Waals surface area (Å²) in [6.07, 6.45) is 6.80. The standard InChI is InChI=1S/C13H17ClN4/c1-9-6-12(14)17-18-8-11(16-13(9)18)7-10-4-2-3-5-15-10/h6,8,10,15H,2-5,7H2,1H3. The Morgan fingerprint density at radius 2 is 2.39 bits per heavy atom. The molecule has 2 aromatic heterocycles. The van der Waals surface area contributed by atoms with Crippen LogP contribution in [0.3, 0.4) is 0 Å². The maximum atomic E-state index is 5.95. The molecule has 0 radical (unpaired) electrons. The van der Waals surface area contributed by atoms with Crippen LogP contribution in [0.25, 0.3) is 5.65 Å². The molecule has 5 heteroatoms. The molecular weight excluding hydrogens is 248 g/mol. The lowest BCUT2D eigenvalue weighted by atomic mass is 10.0. The van der Waals surface area contributed by atoms with Crippen molar-refractivity contribution in [2.75, 3.05) is 6.54 Å². The van der Waals surface area contributed by atoms with Crippen LogP contribution in [0.15, 0.2) is 12.3 Å². The number of nitrogens with zero attached hydrogens (tertiary/aromatic N) is 3. The highest BCUT2D eigenvalue weighted by atomic mass is 35.5.